The number of hydrogen-bond acceptors (Lipinski definition) is 3. The van der Waals surface area contributed by atoms with Crippen LogP contribution in [0.1, 0.15) is 9.67 Å². The minimum atomic E-state index is -0.199. The standard InChI is InChI=1S/C18H14N2OS2/c21-17(16-11-6-12-23-16)20-18(22)19-15-10-5-4-9-14(15)13-7-2-1-3-8-13/h1-12H,(H2,19,20,21,22). The summed E-state index contributed by atoms with van der Waals surface area (Å²) >= 11 is 6.64. The molecule has 0 atom stereocenters. The van der Waals surface area contributed by atoms with Crippen molar-refractivity contribution in [3.63, 3.8) is 0 Å². The molecule has 5 heteroatoms. The second-order valence-electron chi connectivity index (χ2n) is 4.80. The molecule has 2 N–H and O–H groups in total. The fraction of sp³-hybridized carbons (Fsp3) is 0. The van der Waals surface area contributed by atoms with E-state index in [1.54, 1.807) is 6.07 Å². The Hall–Kier alpha value is -2.50. The van der Waals surface area contributed by atoms with Gasteiger partial charge in [-0.15, -0.1) is 11.3 Å². The van der Waals surface area contributed by atoms with E-state index in [4.69, 9.17) is 12.2 Å². The summed E-state index contributed by atoms with van der Waals surface area (Å²) in [6, 6.07) is 21.5. The van der Waals surface area contributed by atoms with Crippen molar-refractivity contribution < 1.29 is 4.79 Å². The summed E-state index contributed by atoms with van der Waals surface area (Å²) in [5.41, 5.74) is 2.97. The van der Waals surface area contributed by atoms with E-state index >= 15 is 0 Å². The molecule has 1 heterocycles. The predicted octanol–water partition coefficient (Wildman–Crippen LogP) is 4.54. The van der Waals surface area contributed by atoms with E-state index in [0.717, 1.165) is 16.8 Å². The second-order valence-corrected chi connectivity index (χ2v) is 6.15. The summed E-state index contributed by atoms with van der Waals surface area (Å²) < 4.78 is 0. The van der Waals surface area contributed by atoms with Gasteiger partial charge in [0.15, 0.2) is 5.11 Å². The molecule has 1 amide bonds. The van der Waals surface area contributed by atoms with Crippen LogP contribution in [0, 0.1) is 0 Å². The highest BCUT2D eigenvalue weighted by molar-refractivity contribution is 7.80. The molecule has 3 rings (SSSR count). The molecule has 0 radical (unpaired) electrons. The van der Waals surface area contributed by atoms with Gasteiger partial charge in [-0.2, -0.15) is 0 Å². The zero-order valence-electron chi connectivity index (χ0n) is 12.2. The number of thiophene rings is 1. The molecule has 0 spiro atoms. The maximum absolute atomic E-state index is 12.0. The molecule has 2 aromatic carbocycles. The van der Waals surface area contributed by atoms with Gasteiger partial charge in [0, 0.05) is 11.3 Å². The first-order chi connectivity index (χ1) is 11.2. The average molecular weight is 338 g/mol. The first-order valence-corrected chi connectivity index (χ1v) is 8.33. The molecule has 0 fully saturated rings. The van der Waals surface area contributed by atoms with Gasteiger partial charge in [0.25, 0.3) is 5.91 Å². The Bertz CT molecular complexity index is 814. The molecular weight excluding hydrogens is 324 g/mol. The number of benzene rings is 2. The molecule has 114 valence electrons. The van der Waals surface area contributed by atoms with Crippen LogP contribution >= 0.6 is 23.6 Å². The Balaban J connectivity index is 1.76. The molecule has 0 aliphatic heterocycles. The van der Waals surface area contributed by atoms with Gasteiger partial charge in [-0.25, -0.2) is 0 Å². The number of carbonyl (C=O) groups is 1. The zero-order valence-corrected chi connectivity index (χ0v) is 13.8. The number of para-hydroxylation sites is 1. The lowest BCUT2D eigenvalue weighted by Crippen LogP contribution is -2.33. The Kier molecular flexibility index (Phi) is 4.80. The Morgan fingerprint density at radius 1 is 0.913 bits per heavy atom. The molecule has 0 bridgehead atoms. The second kappa shape index (κ2) is 7.17. The van der Waals surface area contributed by atoms with Crippen LogP contribution < -0.4 is 10.6 Å². The lowest BCUT2D eigenvalue weighted by molar-refractivity contribution is 0.0981. The summed E-state index contributed by atoms with van der Waals surface area (Å²) in [6.07, 6.45) is 0. The quantitative estimate of drug-likeness (QED) is 0.689. The molecule has 0 saturated carbocycles. The average Bonchev–Trinajstić information content (AvgIpc) is 3.11. The van der Waals surface area contributed by atoms with Gasteiger partial charge >= 0.3 is 0 Å². The van der Waals surface area contributed by atoms with Gasteiger partial charge in [0.2, 0.25) is 0 Å². The summed E-state index contributed by atoms with van der Waals surface area (Å²) in [5, 5.41) is 7.95. The monoisotopic (exact) mass is 338 g/mol. The van der Waals surface area contributed by atoms with Crippen molar-refractivity contribution >= 4 is 40.3 Å². The third-order valence-electron chi connectivity index (χ3n) is 3.23. The van der Waals surface area contributed by atoms with Crippen LogP contribution in [0.25, 0.3) is 11.1 Å². The van der Waals surface area contributed by atoms with Crippen molar-refractivity contribution in [2.45, 2.75) is 0 Å². The predicted molar refractivity (Wildman–Crippen MR) is 99.9 cm³/mol. The highest BCUT2D eigenvalue weighted by Crippen LogP contribution is 2.27. The first-order valence-electron chi connectivity index (χ1n) is 7.04. The van der Waals surface area contributed by atoms with E-state index in [1.807, 2.05) is 66.0 Å². The maximum atomic E-state index is 12.0. The summed E-state index contributed by atoms with van der Waals surface area (Å²) in [4.78, 5) is 12.7. The number of rotatable bonds is 3. The Morgan fingerprint density at radius 2 is 1.65 bits per heavy atom. The highest BCUT2D eigenvalue weighted by atomic mass is 32.1. The maximum Gasteiger partial charge on any atom is 0.267 e. The fourth-order valence-electron chi connectivity index (χ4n) is 2.19. The van der Waals surface area contributed by atoms with E-state index in [2.05, 4.69) is 10.6 Å². The molecular formula is C18H14N2OS2. The van der Waals surface area contributed by atoms with E-state index < -0.39 is 0 Å². The minimum absolute atomic E-state index is 0.199. The van der Waals surface area contributed by atoms with Crippen LogP contribution in [-0.2, 0) is 0 Å². The Labute approximate surface area is 144 Å². The van der Waals surface area contributed by atoms with E-state index in [-0.39, 0.29) is 11.0 Å². The SMILES string of the molecule is O=C(NC(=S)Nc1ccccc1-c1ccccc1)c1cccs1. The van der Waals surface area contributed by atoms with Crippen molar-refractivity contribution in [2.24, 2.45) is 0 Å². The molecule has 0 aliphatic carbocycles. The van der Waals surface area contributed by atoms with Crippen LogP contribution in [0.4, 0.5) is 5.69 Å². The molecule has 1 aromatic heterocycles. The minimum Gasteiger partial charge on any atom is -0.332 e. The van der Waals surface area contributed by atoms with Crippen molar-refractivity contribution in [1.29, 1.82) is 0 Å². The summed E-state index contributed by atoms with van der Waals surface area (Å²) in [5.74, 6) is -0.199. The largest absolute Gasteiger partial charge is 0.332 e. The van der Waals surface area contributed by atoms with Crippen LogP contribution in [-0.4, -0.2) is 11.0 Å². The van der Waals surface area contributed by atoms with Crippen molar-refractivity contribution in [3.8, 4) is 11.1 Å². The third kappa shape index (κ3) is 3.83. The molecule has 0 unspecified atom stereocenters. The van der Waals surface area contributed by atoms with E-state index in [9.17, 15) is 4.79 Å². The van der Waals surface area contributed by atoms with Crippen molar-refractivity contribution in [1.82, 2.24) is 5.32 Å². The van der Waals surface area contributed by atoms with Gasteiger partial charge in [0.1, 0.15) is 0 Å². The van der Waals surface area contributed by atoms with E-state index in [1.165, 1.54) is 11.3 Å². The van der Waals surface area contributed by atoms with Crippen LogP contribution in [0.5, 0.6) is 0 Å². The molecule has 3 nitrogen and oxygen atoms in total. The molecule has 0 saturated heterocycles. The fourth-order valence-corrected chi connectivity index (χ4v) is 3.01. The summed E-state index contributed by atoms with van der Waals surface area (Å²) in [7, 11) is 0. The highest BCUT2D eigenvalue weighted by Gasteiger charge is 2.10. The van der Waals surface area contributed by atoms with Crippen LogP contribution in [0.2, 0.25) is 0 Å². The van der Waals surface area contributed by atoms with Gasteiger partial charge in [0.05, 0.1) is 4.88 Å². The number of amides is 1. The van der Waals surface area contributed by atoms with Gasteiger partial charge in [-0.3, -0.25) is 10.1 Å². The van der Waals surface area contributed by atoms with Crippen LogP contribution in [0.15, 0.2) is 72.1 Å². The number of carbonyl (C=O) groups excluding carboxylic acids is 1. The van der Waals surface area contributed by atoms with Gasteiger partial charge < -0.3 is 5.32 Å². The Morgan fingerprint density at radius 3 is 2.39 bits per heavy atom. The first kappa shape index (κ1) is 15.4. The molecule has 3 aromatic rings. The zero-order chi connectivity index (χ0) is 16.1. The third-order valence-corrected chi connectivity index (χ3v) is 4.30. The number of nitrogens with one attached hydrogen (secondary N) is 2. The van der Waals surface area contributed by atoms with Crippen molar-refractivity contribution in [3.05, 3.63) is 77.0 Å². The lowest BCUT2D eigenvalue weighted by Gasteiger charge is -2.13. The lowest BCUT2D eigenvalue weighted by atomic mass is 10.0. The normalized spacial score (nSPS) is 10.1. The van der Waals surface area contributed by atoms with Gasteiger partial charge in [-0.1, -0.05) is 54.6 Å². The van der Waals surface area contributed by atoms with Gasteiger partial charge in [-0.05, 0) is 35.3 Å². The van der Waals surface area contributed by atoms with E-state index in [0.29, 0.717) is 4.88 Å². The smallest absolute Gasteiger partial charge is 0.267 e. The molecule has 23 heavy (non-hydrogen) atoms. The summed E-state index contributed by atoms with van der Waals surface area (Å²) in [6.45, 7) is 0. The topological polar surface area (TPSA) is 41.1 Å². The number of thiocarbonyl (C=S) groups is 1. The van der Waals surface area contributed by atoms with Crippen molar-refractivity contribution in [2.75, 3.05) is 5.32 Å². The van der Waals surface area contributed by atoms with Crippen LogP contribution in [0.3, 0.4) is 0 Å². The number of anilines is 1. The number of hydrogen-bond donors (Lipinski definition) is 2. The molecule has 0 aliphatic rings.